The van der Waals surface area contributed by atoms with E-state index in [0.717, 1.165) is 11.1 Å². The van der Waals surface area contributed by atoms with E-state index in [2.05, 4.69) is 5.32 Å². The second kappa shape index (κ2) is 7.79. The van der Waals surface area contributed by atoms with Gasteiger partial charge in [0.05, 0.1) is 5.56 Å². The highest BCUT2D eigenvalue weighted by Gasteiger charge is 2.10. The molecular weight excluding hydrogens is 314 g/mol. The van der Waals surface area contributed by atoms with Gasteiger partial charge in [0, 0.05) is 11.6 Å². The predicted octanol–water partition coefficient (Wildman–Crippen LogP) is 3.55. The maximum Gasteiger partial charge on any atom is 0.258 e. The highest BCUT2D eigenvalue weighted by molar-refractivity contribution is 6.30. The van der Waals surface area contributed by atoms with Crippen LogP contribution in [0.4, 0.5) is 0 Å². The van der Waals surface area contributed by atoms with Crippen LogP contribution in [0.3, 0.4) is 0 Å². The van der Waals surface area contributed by atoms with Crippen molar-refractivity contribution in [3.05, 3.63) is 64.2 Å². The van der Waals surface area contributed by atoms with Gasteiger partial charge in [-0.1, -0.05) is 29.8 Å². The Morgan fingerprint density at radius 1 is 1.17 bits per heavy atom. The van der Waals surface area contributed by atoms with Crippen molar-refractivity contribution in [1.82, 2.24) is 5.32 Å². The first-order chi connectivity index (χ1) is 11.0. The van der Waals surface area contributed by atoms with Gasteiger partial charge in [0.1, 0.15) is 5.75 Å². The third-order valence-electron chi connectivity index (χ3n) is 3.25. The Bertz CT molecular complexity index is 728. The van der Waals surface area contributed by atoms with Crippen LogP contribution in [-0.2, 0) is 11.3 Å². The maximum absolute atomic E-state index is 11.9. The van der Waals surface area contributed by atoms with Gasteiger partial charge < -0.3 is 10.1 Å². The SMILES string of the molecule is CC(=O)c1ccc(C)cc1OCC(=O)NCc1cccc(Cl)c1. The summed E-state index contributed by atoms with van der Waals surface area (Å²) in [5, 5.41) is 3.38. The number of carbonyl (C=O) groups is 2. The molecule has 0 aliphatic rings. The number of amides is 1. The number of ketones is 1. The summed E-state index contributed by atoms with van der Waals surface area (Å²) >= 11 is 5.89. The number of hydrogen-bond donors (Lipinski definition) is 1. The van der Waals surface area contributed by atoms with Crippen LogP contribution >= 0.6 is 11.6 Å². The number of aryl methyl sites for hydroxylation is 1. The average molecular weight is 332 g/mol. The van der Waals surface area contributed by atoms with E-state index in [9.17, 15) is 9.59 Å². The van der Waals surface area contributed by atoms with Crippen molar-refractivity contribution in [2.24, 2.45) is 0 Å². The van der Waals surface area contributed by atoms with Gasteiger partial charge in [0.25, 0.3) is 5.91 Å². The molecule has 2 aromatic rings. The van der Waals surface area contributed by atoms with E-state index in [1.165, 1.54) is 6.92 Å². The van der Waals surface area contributed by atoms with Gasteiger partial charge in [-0.05, 0) is 49.2 Å². The molecular formula is C18H18ClNO3. The number of hydrogen-bond acceptors (Lipinski definition) is 3. The van der Waals surface area contributed by atoms with Crippen LogP contribution in [0.2, 0.25) is 5.02 Å². The maximum atomic E-state index is 11.9. The summed E-state index contributed by atoms with van der Waals surface area (Å²) in [6.07, 6.45) is 0. The quantitative estimate of drug-likeness (QED) is 0.824. The topological polar surface area (TPSA) is 55.4 Å². The standard InChI is InChI=1S/C18H18ClNO3/c1-12-6-7-16(13(2)21)17(8-12)23-11-18(22)20-10-14-4-3-5-15(19)9-14/h3-9H,10-11H2,1-2H3,(H,20,22). The molecule has 0 aliphatic heterocycles. The molecule has 0 bridgehead atoms. The summed E-state index contributed by atoms with van der Waals surface area (Å²) in [6, 6.07) is 12.6. The van der Waals surface area contributed by atoms with Gasteiger partial charge in [-0.3, -0.25) is 9.59 Å². The molecule has 2 rings (SSSR count). The molecule has 0 aromatic heterocycles. The number of carbonyl (C=O) groups excluding carboxylic acids is 2. The first kappa shape index (κ1) is 17.0. The van der Waals surface area contributed by atoms with Crippen molar-refractivity contribution < 1.29 is 14.3 Å². The van der Waals surface area contributed by atoms with Crippen LogP contribution in [0.15, 0.2) is 42.5 Å². The third kappa shape index (κ3) is 5.11. The number of rotatable bonds is 6. The molecule has 5 heteroatoms. The Kier molecular flexibility index (Phi) is 5.77. The molecule has 23 heavy (non-hydrogen) atoms. The number of benzene rings is 2. The van der Waals surface area contributed by atoms with Crippen molar-refractivity contribution in [3.8, 4) is 5.75 Å². The van der Waals surface area contributed by atoms with E-state index >= 15 is 0 Å². The molecule has 0 atom stereocenters. The number of Topliss-reactive ketones (excluding diaryl/α,β-unsaturated/α-hetero) is 1. The normalized spacial score (nSPS) is 10.2. The monoisotopic (exact) mass is 331 g/mol. The highest BCUT2D eigenvalue weighted by atomic mass is 35.5. The van der Waals surface area contributed by atoms with Crippen molar-refractivity contribution in [2.45, 2.75) is 20.4 Å². The third-order valence-corrected chi connectivity index (χ3v) is 3.49. The predicted molar refractivity (Wildman–Crippen MR) is 90.0 cm³/mol. The smallest absolute Gasteiger partial charge is 0.258 e. The van der Waals surface area contributed by atoms with E-state index in [-0.39, 0.29) is 18.3 Å². The van der Waals surface area contributed by atoms with E-state index in [1.807, 2.05) is 25.1 Å². The van der Waals surface area contributed by atoms with Crippen LogP contribution in [0.5, 0.6) is 5.75 Å². The van der Waals surface area contributed by atoms with Crippen LogP contribution in [-0.4, -0.2) is 18.3 Å². The Balaban J connectivity index is 1.92. The lowest BCUT2D eigenvalue weighted by atomic mass is 10.1. The largest absolute Gasteiger partial charge is 0.483 e. The summed E-state index contributed by atoms with van der Waals surface area (Å²) in [5.41, 5.74) is 2.34. The van der Waals surface area contributed by atoms with Crippen LogP contribution in [0.25, 0.3) is 0 Å². The van der Waals surface area contributed by atoms with Crippen LogP contribution < -0.4 is 10.1 Å². The van der Waals surface area contributed by atoms with Gasteiger partial charge >= 0.3 is 0 Å². The summed E-state index contributed by atoms with van der Waals surface area (Å²) in [5.74, 6) is 0.0655. The fourth-order valence-electron chi connectivity index (χ4n) is 2.08. The molecule has 0 fully saturated rings. The summed E-state index contributed by atoms with van der Waals surface area (Å²) < 4.78 is 5.49. The van der Waals surface area contributed by atoms with Crippen molar-refractivity contribution in [2.75, 3.05) is 6.61 Å². The molecule has 0 aliphatic carbocycles. The second-order valence-electron chi connectivity index (χ2n) is 5.25. The molecule has 0 radical (unpaired) electrons. The minimum Gasteiger partial charge on any atom is -0.483 e. The van der Waals surface area contributed by atoms with Crippen molar-refractivity contribution in [3.63, 3.8) is 0 Å². The van der Waals surface area contributed by atoms with E-state index in [1.54, 1.807) is 24.3 Å². The Labute approximate surface area is 140 Å². The molecule has 0 saturated carbocycles. The zero-order valence-electron chi connectivity index (χ0n) is 13.1. The molecule has 0 spiro atoms. The molecule has 0 unspecified atom stereocenters. The van der Waals surface area contributed by atoms with E-state index in [4.69, 9.17) is 16.3 Å². The number of halogens is 1. The van der Waals surface area contributed by atoms with Gasteiger partial charge in [0.15, 0.2) is 12.4 Å². The first-order valence-corrected chi connectivity index (χ1v) is 7.59. The Hall–Kier alpha value is -2.33. The van der Waals surface area contributed by atoms with Crippen molar-refractivity contribution in [1.29, 1.82) is 0 Å². The van der Waals surface area contributed by atoms with Gasteiger partial charge in [-0.15, -0.1) is 0 Å². The summed E-state index contributed by atoms with van der Waals surface area (Å²) in [7, 11) is 0. The molecule has 0 heterocycles. The minimum atomic E-state index is -0.263. The molecule has 2 aromatic carbocycles. The average Bonchev–Trinajstić information content (AvgIpc) is 2.50. The minimum absolute atomic E-state index is 0.0978. The lowest BCUT2D eigenvalue weighted by Crippen LogP contribution is -2.28. The van der Waals surface area contributed by atoms with Gasteiger partial charge in [-0.25, -0.2) is 0 Å². The van der Waals surface area contributed by atoms with Gasteiger partial charge in [-0.2, -0.15) is 0 Å². The number of ether oxygens (including phenoxy) is 1. The Morgan fingerprint density at radius 2 is 1.96 bits per heavy atom. The molecule has 120 valence electrons. The molecule has 0 saturated heterocycles. The first-order valence-electron chi connectivity index (χ1n) is 7.21. The highest BCUT2D eigenvalue weighted by Crippen LogP contribution is 2.20. The lowest BCUT2D eigenvalue weighted by molar-refractivity contribution is -0.123. The number of nitrogens with one attached hydrogen (secondary N) is 1. The van der Waals surface area contributed by atoms with Gasteiger partial charge in [0.2, 0.25) is 0 Å². The summed E-state index contributed by atoms with van der Waals surface area (Å²) in [4.78, 5) is 23.5. The fraction of sp³-hybridized carbons (Fsp3) is 0.222. The lowest BCUT2D eigenvalue weighted by Gasteiger charge is -2.11. The van der Waals surface area contributed by atoms with Crippen LogP contribution in [0, 0.1) is 6.92 Å². The molecule has 4 nitrogen and oxygen atoms in total. The van der Waals surface area contributed by atoms with Crippen molar-refractivity contribution >= 4 is 23.3 Å². The molecule has 1 amide bonds. The fourth-order valence-corrected chi connectivity index (χ4v) is 2.29. The summed E-state index contributed by atoms with van der Waals surface area (Å²) in [6.45, 7) is 3.59. The molecule has 1 N–H and O–H groups in total. The van der Waals surface area contributed by atoms with E-state index in [0.29, 0.717) is 22.9 Å². The Morgan fingerprint density at radius 3 is 2.65 bits per heavy atom. The van der Waals surface area contributed by atoms with Crippen LogP contribution in [0.1, 0.15) is 28.4 Å². The zero-order valence-corrected chi connectivity index (χ0v) is 13.8. The second-order valence-corrected chi connectivity index (χ2v) is 5.69. The van der Waals surface area contributed by atoms with E-state index < -0.39 is 0 Å². The zero-order chi connectivity index (χ0) is 16.8.